The van der Waals surface area contributed by atoms with Gasteiger partial charge in [0, 0.05) is 25.8 Å². The number of hydrogen-bond donors (Lipinski definition) is 0. The van der Waals surface area contributed by atoms with Crippen molar-refractivity contribution in [3.8, 4) is 0 Å². The Balaban J connectivity index is 2.41. The molecule has 0 atom stereocenters. The molecule has 27 heavy (non-hydrogen) atoms. The van der Waals surface area contributed by atoms with Crippen molar-refractivity contribution in [2.75, 3.05) is 29.4 Å². The SMILES string of the molecule is [CH2]CCC=Nc1nc(N(CC)CC)ncc1N(CC=O)Cc1ccccc1. The molecule has 6 nitrogen and oxygen atoms in total. The van der Waals surface area contributed by atoms with E-state index in [4.69, 9.17) is 0 Å². The maximum absolute atomic E-state index is 11.3. The van der Waals surface area contributed by atoms with Crippen LogP contribution in [0, 0.1) is 6.92 Å². The number of aldehydes is 1. The van der Waals surface area contributed by atoms with E-state index in [0.29, 0.717) is 18.3 Å². The topological polar surface area (TPSA) is 61.7 Å². The van der Waals surface area contributed by atoms with Crippen molar-refractivity contribution >= 4 is 30.0 Å². The first-order valence-corrected chi connectivity index (χ1v) is 9.39. The minimum absolute atomic E-state index is 0.251. The van der Waals surface area contributed by atoms with E-state index in [9.17, 15) is 4.79 Å². The van der Waals surface area contributed by atoms with E-state index in [-0.39, 0.29) is 6.54 Å². The summed E-state index contributed by atoms with van der Waals surface area (Å²) in [6.45, 7) is 10.5. The number of anilines is 2. The average molecular weight is 366 g/mol. The van der Waals surface area contributed by atoms with Crippen LogP contribution in [0.5, 0.6) is 0 Å². The van der Waals surface area contributed by atoms with E-state index in [1.165, 1.54) is 0 Å². The molecule has 0 aliphatic carbocycles. The third-order valence-electron chi connectivity index (χ3n) is 4.18. The summed E-state index contributed by atoms with van der Waals surface area (Å²) >= 11 is 0. The molecule has 0 saturated carbocycles. The predicted octanol–water partition coefficient (Wildman–Crippen LogP) is 3.84. The van der Waals surface area contributed by atoms with Gasteiger partial charge in [-0.1, -0.05) is 37.3 Å². The summed E-state index contributed by atoms with van der Waals surface area (Å²) in [4.78, 5) is 29.1. The minimum atomic E-state index is 0.251. The molecule has 0 N–H and O–H groups in total. The number of carbonyl (C=O) groups excluding carboxylic acids is 1. The fourth-order valence-electron chi connectivity index (χ4n) is 2.72. The van der Waals surface area contributed by atoms with Gasteiger partial charge in [-0.15, -0.1) is 0 Å². The van der Waals surface area contributed by atoms with E-state index < -0.39 is 0 Å². The molecule has 6 heteroatoms. The highest BCUT2D eigenvalue weighted by molar-refractivity contribution is 5.73. The van der Waals surface area contributed by atoms with Crippen LogP contribution >= 0.6 is 0 Å². The molecular weight excluding hydrogens is 338 g/mol. The molecule has 0 saturated heterocycles. The van der Waals surface area contributed by atoms with Gasteiger partial charge < -0.3 is 14.6 Å². The molecular formula is C21H28N5O. The minimum Gasteiger partial charge on any atom is -0.356 e. The Hall–Kier alpha value is -2.76. The molecule has 0 bridgehead atoms. The number of aromatic nitrogens is 2. The van der Waals surface area contributed by atoms with Gasteiger partial charge in [-0.05, 0) is 32.3 Å². The zero-order valence-electron chi connectivity index (χ0n) is 16.2. The second-order valence-corrected chi connectivity index (χ2v) is 6.04. The van der Waals surface area contributed by atoms with Gasteiger partial charge in [0.1, 0.15) is 12.0 Å². The van der Waals surface area contributed by atoms with Gasteiger partial charge in [-0.2, -0.15) is 4.98 Å². The van der Waals surface area contributed by atoms with Crippen molar-refractivity contribution in [2.24, 2.45) is 4.99 Å². The Morgan fingerprint density at radius 2 is 1.89 bits per heavy atom. The van der Waals surface area contributed by atoms with Gasteiger partial charge in [-0.25, -0.2) is 9.98 Å². The quantitative estimate of drug-likeness (QED) is 0.447. The van der Waals surface area contributed by atoms with Crippen molar-refractivity contribution in [3.63, 3.8) is 0 Å². The largest absolute Gasteiger partial charge is 0.356 e. The predicted molar refractivity (Wildman–Crippen MR) is 112 cm³/mol. The van der Waals surface area contributed by atoms with Crippen LogP contribution in [0.25, 0.3) is 0 Å². The van der Waals surface area contributed by atoms with Gasteiger partial charge in [0.15, 0.2) is 5.82 Å². The van der Waals surface area contributed by atoms with E-state index >= 15 is 0 Å². The molecule has 1 aromatic carbocycles. The maximum atomic E-state index is 11.3. The molecule has 2 aromatic rings. The summed E-state index contributed by atoms with van der Waals surface area (Å²) in [6.07, 6.45) is 6.03. The van der Waals surface area contributed by atoms with Gasteiger partial charge in [-0.3, -0.25) is 0 Å². The summed E-state index contributed by atoms with van der Waals surface area (Å²) in [6, 6.07) is 10.0. The van der Waals surface area contributed by atoms with Crippen LogP contribution in [0.2, 0.25) is 0 Å². The van der Waals surface area contributed by atoms with E-state index in [2.05, 4.69) is 40.6 Å². The highest BCUT2D eigenvalue weighted by Gasteiger charge is 2.16. The normalized spacial score (nSPS) is 10.9. The Kier molecular flexibility index (Phi) is 8.42. The van der Waals surface area contributed by atoms with Crippen molar-refractivity contribution in [1.29, 1.82) is 0 Å². The third-order valence-corrected chi connectivity index (χ3v) is 4.18. The Morgan fingerprint density at radius 3 is 2.52 bits per heavy atom. The molecule has 2 rings (SSSR count). The molecule has 0 aliphatic heterocycles. The van der Waals surface area contributed by atoms with Crippen LogP contribution in [0.3, 0.4) is 0 Å². The number of benzene rings is 1. The summed E-state index contributed by atoms with van der Waals surface area (Å²) in [5.41, 5.74) is 1.86. The molecule has 0 aliphatic rings. The number of rotatable bonds is 11. The molecule has 0 unspecified atom stereocenters. The summed E-state index contributed by atoms with van der Waals surface area (Å²) in [5, 5.41) is 0. The maximum Gasteiger partial charge on any atom is 0.227 e. The lowest BCUT2D eigenvalue weighted by Gasteiger charge is -2.25. The number of carbonyl (C=O) groups is 1. The Morgan fingerprint density at radius 1 is 1.15 bits per heavy atom. The number of hydrogen-bond acceptors (Lipinski definition) is 6. The van der Waals surface area contributed by atoms with Crippen LogP contribution in [0.4, 0.5) is 17.5 Å². The second-order valence-electron chi connectivity index (χ2n) is 6.04. The lowest BCUT2D eigenvalue weighted by Crippen LogP contribution is -2.27. The van der Waals surface area contributed by atoms with Crippen LogP contribution in [0.1, 0.15) is 32.3 Å². The van der Waals surface area contributed by atoms with Gasteiger partial charge in [0.05, 0.1) is 12.7 Å². The smallest absolute Gasteiger partial charge is 0.227 e. The first-order chi connectivity index (χ1) is 13.2. The van der Waals surface area contributed by atoms with Crippen LogP contribution in [-0.2, 0) is 11.3 Å². The lowest BCUT2D eigenvalue weighted by molar-refractivity contribution is -0.106. The van der Waals surface area contributed by atoms with Crippen LogP contribution in [-0.4, -0.2) is 42.1 Å². The van der Waals surface area contributed by atoms with Gasteiger partial charge >= 0.3 is 0 Å². The lowest BCUT2D eigenvalue weighted by atomic mass is 10.2. The first kappa shape index (κ1) is 20.6. The summed E-state index contributed by atoms with van der Waals surface area (Å²) in [7, 11) is 0. The molecule has 143 valence electrons. The highest BCUT2D eigenvalue weighted by Crippen LogP contribution is 2.29. The van der Waals surface area contributed by atoms with Crippen molar-refractivity contribution in [3.05, 3.63) is 49.0 Å². The second kappa shape index (κ2) is 11.1. The Labute approximate surface area is 162 Å². The van der Waals surface area contributed by atoms with Gasteiger partial charge in [0.25, 0.3) is 0 Å². The number of aliphatic imine (C=N–C) groups is 1. The molecule has 1 aromatic heterocycles. The van der Waals surface area contributed by atoms with Gasteiger partial charge in [0.2, 0.25) is 5.95 Å². The summed E-state index contributed by atoms with van der Waals surface area (Å²) < 4.78 is 0. The Bertz CT molecular complexity index is 729. The molecule has 0 amide bonds. The molecule has 1 heterocycles. The fourth-order valence-corrected chi connectivity index (χ4v) is 2.72. The first-order valence-electron chi connectivity index (χ1n) is 9.39. The summed E-state index contributed by atoms with van der Waals surface area (Å²) in [5.74, 6) is 1.23. The zero-order valence-corrected chi connectivity index (χ0v) is 16.2. The standard InChI is InChI=1S/C21H28N5O/c1-4-7-13-22-20-19(16-23-21(24-20)25(5-2)6-3)26(14-15-27)17-18-11-9-8-10-12-18/h8-13,15-16H,1,4-7,14,17H2,2-3H3. The van der Waals surface area contributed by atoms with Crippen molar-refractivity contribution in [1.82, 2.24) is 9.97 Å². The fraction of sp³-hybridized carbons (Fsp3) is 0.381. The van der Waals surface area contributed by atoms with Crippen LogP contribution in [0.15, 0.2) is 41.5 Å². The molecule has 0 spiro atoms. The van der Waals surface area contributed by atoms with E-state index in [1.807, 2.05) is 41.4 Å². The van der Waals surface area contributed by atoms with Crippen molar-refractivity contribution < 1.29 is 4.79 Å². The number of unbranched alkanes of at least 4 members (excludes halogenated alkanes) is 1. The number of nitrogens with zero attached hydrogens (tertiary/aromatic N) is 5. The average Bonchev–Trinajstić information content (AvgIpc) is 2.70. The molecule has 0 fully saturated rings. The monoisotopic (exact) mass is 366 g/mol. The highest BCUT2D eigenvalue weighted by atomic mass is 16.1. The van der Waals surface area contributed by atoms with Crippen molar-refractivity contribution in [2.45, 2.75) is 33.2 Å². The van der Waals surface area contributed by atoms with E-state index in [0.717, 1.165) is 43.5 Å². The molecule has 1 radical (unpaired) electrons. The third kappa shape index (κ3) is 5.88. The van der Waals surface area contributed by atoms with E-state index in [1.54, 1.807) is 6.20 Å². The zero-order chi connectivity index (χ0) is 19.5. The van der Waals surface area contributed by atoms with Crippen LogP contribution < -0.4 is 9.80 Å².